The first kappa shape index (κ1) is 20.2. The van der Waals surface area contributed by atoms with Crippen molar-refractivity contribution in [3.05, 3.63) is 70.4 Å². The molecular weight excluding hydrogens is 378 g/mol. The summed E-state index contributed by atoms with van der Waals surface area (Å²) in [5.41, 5.74) is 1.31. The first-order valence-electron chi connectivity index (χ1n) is 10.5. The van der Waals surface area contributed by atoms with Gasteiger partial charge in [-0.25, -0.2) is 9.97 Å². The van der Waals surface area contributed by atoms with Crippen molar-refractivity contribution >= 4 is 16.9 Å². The Morgan fingerprint density at radius 2 is 1.87 bits per heavy atom. The molecule has 7 heteroatoms. The van der Waals surface area contributed by atoms with Crippen LogP contribution < -0.4 is 10.9 Å². The van der Waals surface area contributed by atoms with E-state index in [-0.39, 0.29) is 23.4 Å². The van der Waals surface area contributed by atoms with E-state index in [4.69, 9.17) is 4.98 Å². The summed E-state index contributed by atoms with van der Waals surface area (Å²) in [6.07, 6.45) is 2.09. The number of rotatable bonds is 5. The van der Waals surface area contributed by atoms with Crippen LogP contribution in [0.2, 0.25) is 0 Å². The number of hydrogen-bond donors (Lipinski definition) is 1. The summed E-state index contributed by atoms with van der Waals surface area (Å²) in [7, 11) is 0. The summed E-state index contributed by atoms with van der Waals surface area (Å²) in [6.45, 7) is 6.52. The monoisotopic (exact) mass is 405 g/mol. The van der Waals surface area contributed by atoms with Crippen LogP contribution in [0.3, 0.4) is 0 Å². The highest BCUT2D eigenvalue weighted by atomic mass is 16.2. The number of amides is 1. The zero-order valence-corrected chi connectivity index (χ0v) is 17.4. The number of aromatic nitrogens is 3. The molecule has 30 heavy (non-hydrogen) atoms. The predicted octanol–water partition coefficient (Wildman–Crippen LogP) is 2.36. The molecule has 1 aliphatic heterocycles. The molecule has 3 aromatic rings. The highest BCUT2D eigenvalue weighted by Crippen LogP contribution is 2.29. The molecule has 1 saturated heterocycles. The average Bonchev–Trinajstić information content (AvgIpc) is 2.96. The van der Waals surface area contributed by atoms with E-state index < -0.39 is 0 Å². The van der Waals surface area contributed by atoms with Crippen LogP contribution in [-0.2, 0) is 11.3 Å². The van der Waals surface area contributed by atoms with Crippen LogP contribution in [0.1, 0.15) is 37.7 Å². The minimum Gasteiger partial charge on any atom is -0.331 e. The van der Waals surface area contributed by atoms with Crippen molar-refractivity contribution in [2.45, 2.75) is 32.9 Å². The fourth-order valence-electron chi connectivity index (χ4n) is 4.10. The maximum atomic E-state index is 13.5. The summed E-state index contributed by atoms with van der Waals surface area (Å²) in [5, 5.41) is 3.77. The Labute approximate surface area is 175 Å². The maximum absolute atomic E-state index is 13.5. The van der Waals surface area contributed by atoms with Gasteiger partial charge in [-0.1, -0.05) is 44.2 Å². The van der Waals surface area contributed by atoms with Gasteiger partial charge in [-0.15, -0.1) is 0 Å². The average molecular weight is 406 g/mol. The van der Waals surface area contributed by atoms with Crippen LogP contribution in [-0.4, -0.2) is 45.0 Å². The third-order valence-electron chi connectivity index (χ3n) is 5.54. The van der Waals surface area contributed by atoms with E-state index in [9.17, 15) is 9.59 Å². The van der Waals surface area contributed by atoms with Gasteiger partial charge in [-0.2, -0.15) is 0 Å². The van der Waals surface area contributed by atoms with Crippen molar-refractivity contribution in [2.24, 2.45) is 5.92 Å². The van der Waals surface area contributed by atoms with Gasteiger partial charge in [0.05, 0.1) is 18.0 Å². The Hall–Kier alpha value is -3.06. The normalized spacial score (nSPS) is 16.1. The van der Waals surface area contributed by atoms with Gasteiger partial charge < -0.3 is 10.2 Å². The highest BCUT2D eigenvalue weighted by molar-refractivity contribution is 5.77. The number of nitrogens with zero attached hydrogens (tertiary/aromatic N) is 4. The number of hydrogen-bond acceptors (Lipinski definition) is 5. The molecule has 2 aromatic heterocycles. The van der Waals surface area contributed by atoms with Crippen LogP contribution in [0, 0.1) is 5.92 Å². The lowest BCUT2D eigenvalue weighted by Gasteiger charge is -2.34. The van der Waals surface area contributed by atoms with Crippen LogP contribution >= 0.6 is 0 Å². The molecule has 1 unspecified atom stereocenters. The standard InChI is InChI=1S/C23H27N5O2/c1-16(2)20(27-14-13-24-12-10-19(27)29)22-26-21-18(9-6-11-25-21)23(30)28(22)15-17-7-4-3-5-8-17/h3-9,11,16,20,24H,10,12-15H2,1-2H3. The van der Waals surface area contributed by atoms with Crippen molar-refractivity contribution in [1.29, 1.82) is 0 Å². The van der Waals surface area contributed by atoms with E-state index >= 15 is 0 Å². The van der Waals surface area contributed by atoms with E-state index in [1.807, 2.05) is 35.2 Å². The van der Waals surface area contributed by atoms with Crippen molar-refractivity contribution in [2.75, 3.05) is 19.6 Å². The van der Waals surface area contributed by atoms with Gasteiger partial charge in [0, 0.05) is 32.3 Å². The molecule has 3 heterocycles. The quantitative estimate of drug-likeness (QED) is 0.705. The van der Waals surface area contributed by atoms with Crippen LogP contribution in [0.25, 0.3) is 11.0 Å². The summed E-state index contributed by atoms with van der Waals surface area (Å²) in [5.74, 6) is 0.766. The van der Waals surface area contributed by atoms with E-state index in [0.717, 1.165) is 12.1 Å². The fourth-order valence-corrected chi connectivity index (χ4v) is 4.10. The second kappa shape index (κ2) is 8.75. The van der Waals surface area contributed by atoms with Gasteiger partial charge in [-0.3, -0.25) is 14.2 Å². The highest BCUT2D eigenvalue weighted by Gasteiger charge is 2.32. The number of benzene rings is 1. The lowest BCUT2D eigenvalue weighted by atomic mass is 10.00. The molecule has 0 saturated carbocycles. The molecule has 1 amide bonds. The molecular formula is C23H27N5O2. The molecule has 1 fully saturated rings. The van der Waals surface area contributed by atoms with Crippen molar-refractivity contribution in [3.63, 3.8) is 0 Å². The van der Waals surface area contributed by atoms with Crippen molar-refractivity contribution in [1.82, 2.24) is 24.8 Å². The molecule has 0 aliphatic carbocycles. The molecule has 1 aromatic carbocycles. The van der Waals surface area contributed by atoms with Crippen LogP contribution in [0.15, 0.2) is 53.5 Å². The Bertz CT molecular complexity index is 1090. The van der Waals surface area contributed by atoms with Gasteiger partial charge >= 0.3 is 0 Å². The molecule has 1 atom stereocenters. The number of carbonyl (C=O) groups excluding carboxylic acids is 1. The van der Waals surface area contributed by atoms with Crippen LogP contribution in [0.5, 0.6) is 0 Å². The van der Waals surface area contributed by atoms with Crippen molar-refractivity contribution < 1.29 is 4.79 Å². The summed E-state index contributed by atoms with van der Waals surface area (Å²) in [4.78, 5) is 37.4. The zero-order chi connectivity index (χ0) is 21.1. The number of nitrogens with one attached hydrogen (secondary N) is 1. The molecule has 4 rings (SSSR count). The SMILES string of the molecule is CC(C)C(c1nc2ncccc2c(=O)n1Cc1ccccc1)N1CCNCCC1=O. The summed E-state index contributed by atoms with van der Waals surface area (Å²) in [6, 6.07) is 13.1. The molecule has 1 N–H and O–H groups in total. The van der Waals surface area contributed by atoms with E-state index in [1.165, 1.54) is 0 Å². The maximum Gasteiger partial charge on any atom is 0.263 e. The fraction of sp³-hybridized carbons (Fsp3) is 0.391. The smallest absolute Gasteiger partial charge is 0.263 e. The van der Waals surface area contributed by atoms with Gasteiger partial charge in [0.1, 0.15) is 5.82 Å². The van der Waals surface area contributed by atoms with Crippen LogP contribution in [0.4, 0.5) is 0 Å². The molecule has 0 spiro atoms. The van der Waals surface area contributed by atoms with Gasteiger partial charge in [0.2, 0.25) is 5.91 Å². The third kappa shape index (κ3) is 3.98. The minimum atomic E-state index is -0.305. The Morgan fingerprint density at radius 1 is 1.07 bits per heavy atom. The molecule has 0 bridgehead atoms. The van der Waals surface area contributed by atoms with Gasteiger partial charge in [-0.05, 0) is 23.6 Å². The van der Waals surface area contributed by atoms with Gasteiger partial charge in [0.15, 0.2) is 5.65 Å². The predicted molar refractivity (Wildman–Crippen MR) is 116 cm³/mol. The number of carbonyl (C=O) groups is 1. The Morgan fingerprint density at radius 3 is 2.63 bits per heavy atom. The lowest BCUT2D eigenvalue weighted by Crippen LogP contribution is -2.42. The van der Waals surface area contributed by atoms with E-state index in [0.29, 0.717) is 42.9 Å². The third-order valence-corrected chi connectivity index (χ3v) is 5.54. The lowest BCUT2D eigenvalue weighted by molar-refractivity contribution is -0.134. The summed E-state index contributed by atoms with van der Waals surface area (Å²) >= 11 is 0. The number of fused-ring (bicyclic) bond motifs is 1. The van der Waals surface area contributed by atoms with Crippen molar-refractivity contribution in [3.8, 4) is 0 Å². The molecule has 0 radical (unpaired) electrons. The topological polar surface area (TPSA) is 80.1 Å². The van der Waals surface area contributed by atoms with E-state index in [2.05, 4.69) is 24.1 Å². The van der Waals surface area contributed by atoms with E-state index in [1.54, 1.807) is 22.9 Å². The minimum absolute atomic E-state index is 0.0836. The molecule has 156 valence electrons. The first-order chi connectivity index (χ1) is 14.6. The first-order valence-corrected chi connectivity index (χ1v) is 10.5. The summed E-state index contributed by atoms with van der Waals surface area (Å²) < 4.78 is 1.72. The molecule has 7 nitrogen and oxygen atoms in total. The Kier molecular flexibility index (Phi) is 5.90. The largest absolute Gasteiger partial charge is 0.331 e. The zero-order valence-electron chi connectivity index (χ0n) is 17.4. The number of pyridine rings is 1. The second-order valence-electron chi connectivity index (χ2n) is 8.00. The van der Waals surface area contributed by atoms with Gasteiger partial charge in [0.25, 0.3) is 5.56 Å². The second-order valence-corrected chi connectivity index (χ2v) is 8.00. The Balaban J connectivity index is 1.91. The molecule has 1 aliphatic rings.